The maximum absolute atomic E-state index is 17.0. The Kier molecular flexibility index (Phi) is 17.6. The Bertz CT molecular complexity index is 3070. The van der Waals surface area contributed by atoms with E-state index in [9.17, 15) is 24.6 Å². The molecule has 3 aliphatic heterocycles. The van der Waals surface area contributed by atoms with Crippen LogP contribution in [0.5, 0.6) is 11.8 Å². The summed E-state index contributed by atoms with van der Waals surface area (Å²) in [5.74, 6) is -1.33. The Morgan fingerprint density at radius 3 is 2.39 bits per heavy atom. The number of aliphatic hydroxyl groups is 1. The molecule has 19 heteroatoms. The Labute approximate surface area is 458 Å². The number of hydrogen-bond donors (Lipinski definition) is 4. The van der Waals surface area contributed by atoms with Gasteiger partial charge < -0.3 is 44.9 Å². The number of amides is 3. The first kappa shape index (κ1) is 55.7. The van der Waals surface area contributed by atoms with Gasteiger partial charge in [0.25, 0.3) is 0 Å². The topological polar surface area (TPSA) is 192 Å². The van der Waals surface area contributed by atoms with Crippen LogP contribution >= 0.6 is 22.9 Å². The van der Waals surface area contributed by atoms with Crippen molar-refractivity contribution < 1.29 is 43.2 Å². The summed E-state index contributed by atoms with van der Waals surface area (Å²) < 4.78 is 35.3. The zero-order valence-corrected chi connectivity index (χ0v) is 46.3. The molecule has 16 nitrogen and oxygen atoms in total. The Balaban J connectivity index is 0.739. The van der Waals surface area contributed by atoms with Crippen molar-refractivity contribution in [2.75, 3.05) is 64.0 Å². The standard InChI is InChI=1S/C58H70ClFN8O8S/c1-34(76-57-64-51-45(54(65-57)67-20-10-7-11-21-67)29-46(59)49(50(51)60)44-27-40(69)26-39-12-8-9-13-43(39)44)30-66-22-18-42(19-23-66)75-25-24-74-32-48(71)63-53(58(4,5)6)56(73)68-31-41(70)28-47(68)55(72)62-35(2)37-14-16-38(17-15-37)52-36(3)61-33-77-52/h8-9,12-17,26-27,29,33-35,41-42,47,53,69-70H,7,10-11,18-25,28,30-32H2,1-6H3,(H,62,72)(H,63,71)/t34-,35+,41-,47+,53-/m1/s1. The highest BCUT2D eigenvalue weighted by molar-refractivity contribution is 7.13. The van der Waals surface area contributed by atoms with E-state index in [1.807, 2.05) is 95.6 Å². The number of likely N-dealkylation sites (tertiary alicyclic amines) is 2. The average molecular weight is 1090 g/mol. The summed E-state index contributed by atoms with van der Waals surface area (Å²) in [5.41, 5.74) is 4.71. The average Bonchev–Trinajstić information content (AvgIpc) is 4.05. The van der Waals surface area contributed by atoms with E-state index in [-0.39, 0.29) is 84.8 Å². The molecule has 77 heavy (non-hydrogen) atoms. The molecule has 3 aliphatic rings. The van der Waals surface area contributed by atoms with E-state index >= 15 is 4.39 Å². The lowest BCUT2D eigenvalue weighted by Gasteiger charge is -2.35. The summed E-state index contributed by atoms with van der Waals surface area (Å²) >= 11 is 8.49. The van der Waals surface area contributed by atoms with Crippen molar-refractivity contribution in [2.45, 2.75) is 117 Å². The molecular weight excluding hydrogens is 1020 g/mol. The number of rotatable bonds is 18. The van der Waals surface area contributed by atoms with Gasteiger partial charge in [-0.2, -0.15) is 9.97 Å². The first-order valence-corrected chi connectivity index (χ1v) is 28.0. The zero-order valence-electron chi connectivity index (χ0n) is 44.7. The summed E-state index contributed by atoms with van der Waals surface area (Å²) in [6.45, 7) is 15.1. The fourth-order valence-corrected chi connectivity index (χ4v) is 11.9. The molecule has 4 aromatic carbocycles. The molecule has 0 spiro atoms. The third-order valence-corrected chi connectivity index (χ3v) is 16.1. The fourth-order valence-electron chi connectivity index (χ4n) is 10.8. The van der Waals surface area contributed by atoms with Gasteiger partial charge in [-0.25, -0.2) is 9.37 Å². The van der Waals surface area contributed by atoms with Crippen molar-refractivity contribution in [3.63, 3.8) is 0 Å². The first-order valence-electron chi connectivity index (χ1n) is 26.8. The number of phenols is 1. The zero-order chi connectivity index (χ0) is 54.5. The number of phenolic OH excluding ortho intramolecular Hbond substituents is 1. The van der Waals surface area contributed by atoms with E-state index in [0.29, 0.717) is 23.3 Å². The van der Waals surface area contributed by atoms with Gasteiger partial charge in [-0.15, -0.1) is 11.3 Å². The summed E-state index contributed by atoms with van der Waals surface area (Å²) in [7, 11) is 0. The maximum Gasteiger partial charge on any atom is 0.319 e. The molecule has 3 saturated heterocycles. The van der Waals surface area contributed by atoms with Gasteiger partial charge >= 0.3 is 6.01 Å². The fraction of sp³-hybridized carbons (Fsp3) is 0.483. The van der Waals surface area contributed by atoms with Gasteiger partial charge in [0.15, 0.2) is 5.82 Å². The monoisotopic (exact) mass is 1090 g/mol. The van der Waals surface area contributed by atoms with Crippen LogP contribution in [0.2, 0.25) is 5.02 Å². The lowest BCUT2D eigenvalue weighted by molar-refractivity contribution is -0.144. The lowest BCUT2D eigenvalue weighted by atomic mass is 9.85. The number of thiazole rings is 1. The predicted molar refractivity (Wildman–Crippen MR) is 298 cm³/mol. The number of benzene rings is 4. The van der Waals surface area contributed by atoms with Crippen LogP contribution < -0.4 is 20.3 Å². The van der Waals surface area contributed by atoms with E-state index < -0.39 is 41.2 Å². The SMILES string of the molecule is Cc1ncsc1-c1ccc([C@H](C)NC(=O)[C@@H]2C[C@@H](O)CN2C(=O)[C@@H](NC(=O)COCCOC2CCN(C[C@@H](C)Oc3nc(N4CCCCC4)c4cc(Cl)c(-c5cc(O)cc6ccccc56)c(F)c4n3)CC2)C(C)(C)C)cc1. The number of aliphatic hydroxyl groups excluding tert-OH is 1. The number of carbonyl (C=O) groups excluding carboxylic acids is 3. The minimum atomic E-state index is -0.986. The molecule has 5 atom stereocenters. The van der Waals surface area contributed by atoms with Crippen molar-refractivity contribution in [1.82, 2.24) is 35.4 Å². The highest BCUT2D eigenvalue weighted by Gasteiger charge is 2.45. The van der Waals surface area contributed by atoms with Gasteiger partial charge in [0, 0.05) is 56.6 Å². The van der Waals surface area contributed by atoms with Crippen LogP contribution in [0, 0.1) is 18.2 Å². The van der Waals surface area contributed by atoms with Crippen LogP contribution in [0.1, 0.15) is 90.4 Å². The number of aryl methyl sites for hydroxylation is 1. The van der Waals surface area contributed by atoms with Gasteiger partial charge in [0.1, 0.15) is 41.9 Å². The van der Waals surface area contributed by atoms with E-state index in [4.69, 9.17) is 30.8 Å². The molecule has 0 unspecified atom stereocenters. The van der Waals surface area contributed by atoms with Crippen LogP contribution in [0.3, 0.4) is 0 Å². The second kappa shape index (κ2) is 24.3. The molecule has 3 fully saturated rings. The summed E-state index contributed by atoms with van der Waals surface area (Å²) in [4.78, 5) is 62.0. The van der Waals surface area contributed by atoms with Crippen molar-refractivity contribution in [1.29, 1.82) is 0 Å². The molecule has 5 heterocycles. The van der Waals surface area contributed by atoms with E-state index in [2.05, 4.69) is 30.4 Å². The van der Waals surface area contributed by atoms with Crippen molar-refractivity contribution in [3.8, 4) is 33.3 Å². The molecule has 4 N–H and O–H groups in total. The second-order valence-corrected chi connectivity index (χ2v) is 23.0. The molecule has 410 valence electrons. The minimum absolute atomic E-state index is 0.000690. The number of aromatic hydroxyl groups is 1. The Morgan fingerprint density at radius 1 is 0.935 bits per heavy atom. The Morgan fingerprint density at radius 2 is 1.68 bits per heavy atom. The van der Waals surface area contributed by atoms with Crippen molar-refractivity contribution in [3.05, 3.63) is 94.3 Å². The number of piperidine rings is 2. The van der Waals surface area contributed by atoms with E-state index in [1.165, 1.54) is 11.0 Å². The molecule has 2 aromatic heterocycles. The molecule has 0 aliphatic carbocycles. The summed E-state index contributed by atoms with van der Waals surface area (Å²) in [5, 5.41) is 29.4. The molecular formula is C58H70ClFN8O8S. The van der Waals surface area contributed by atoms with E-state index in [0.717, 1.165) is 90.8 Å². The molecule has 0 saturated carbocycles. The van der Waals surface area contributed by atoms with Gasteiger partial charge in [-0.3, -0.25) is 19.3 Å². The summed E-state index contributed by atoms with van der Waals surface area (Å²) in [6.07, 6.45) is 3.47. The number of anilines is 1. The number of β-amino-alcohol motifs (C(OH)–C–C–N with tert-alkyl or cyclic N) is 1. The third kappa shape index (κ3) is 13.1. The van der Waals surface area contributed by atoms with E-state index in [1.54, 1.807) is 23.5 Å². The number of fused-ring (bicyclic) bond motifs is 2. The smallest absolute Gasteiger partial charge is 0.319 e. The van der Waals surface area contributed by atoms with Crippen molar-refractivity contribution >= 4 is 68.2 Å². The highest BCUT2D eigenvalue weighted by atomic mass is 35.5. The first-order chi connectivity index (χ1) is 36.9. The predicted octanol–water partition coefficient (Wildman–Crippen LogP) is 9.01. The molecule has 9 rings (SSSR count). The number of carbonyl (C=O) groups is 3. The van der Waals surface area contributed by atoms with Gasteiger partial charge in [-0.05, 0) is 104 Å². The largest absolute Gasteiger partial charge is 0.508 e. The molecule has 0 radical (unpaired) electrons. The van der Waals surface area contributed by atoms with Crippen LogP contribution in [-0.4, -0.2) is 142 Å². The lowest BCUT2D eigenvalue weighted by Crippen LogP contribution is -2.58. The van der Waals surface area contributed by atoms with Crippen molar-refractivity contribution in [2.24, 2.45) is 5.41 Å². The van der Waals surface area contributed by atoms with Crippen LogP contribution in [0.15, 0.2) is 72.2 Å². The number of nitrogens with zero attached hydrogens (tertiary/aromatic N) is 6. The normalized spacial score (nSPS) is 18.9. The summed E-state index contributed by atoms with van der Waals surface area (Å²) in [6, 6.07) is 18.1. The molecule has 3 amide bonds. The number of aromatic nitrogens is 3. The Hall–Kier alpha value is -6.02. The molecule has 0 bridgehead atoms. The van der Waals surface area contributed by atoms with Gasteiger partial charge in [-0.1, -0.05) is 80.9 Å². The maximum atomic E-state index is 17.0. The van der Waals surface area contributed by atoms with Crippen LogP contribution in [-0.2, 0) is 23.9 Å². The number of nitrogens with one attached hydrogen (secondary N) is 2. The van der Waals surface area contributed by atoms with Crippen LogP contribution in [0.25, 0.3) is 43.2 Å². The second-order valence-electron chi connectivity index (χ2n) is 21.8. The third-order valence-electron chi connectivity index (χ3n) is 14.8. The minimum Gasteiger partial charge on any atom is -0.508 e. The number of hydrogen-bond acceptors (Lipinski definition) is 14. The highest BCUT2D eigenvalue weighted by Crippen LogP contribution is 2.43. The number of ether oxygens (including phenoxy) is 3. The molecule has 6 aromatic rings. The van der Waals surface area contributed by atoms with Gasteiger partial charge in [0.05, 0.1) is 52.6 Å². The quantitative estimate of drug-likeness (QED) is 0.0597. The number of halogens is 2. The van der Waals surface area contributed by atoms with Crippen LogP contribution in [0.4, 0.5) is 10.2 Å². The van der Waals surface area contributed by atoms with Gasteiger partial charge in [0.2, 0.25) is 17.7 Å².